The molecule has 1 saturated heterocycles. The molecular formula is C13H16N2O2. The van der Waals surface area contributed by atoms with E-state index >= 15 is 0 Å². The smallest absolute Gasteiger partial charge is 0.242 e. The standard InChI is InChI=1S/C13H16N2O2/c1-9-5-3-4-6-11(9)10(2)15-8-12(16)14-7-13(15)17/h3-6,10H,7-8H2,1-2H3,(H,14,16). The van der Waals surface area contributed by atoms with Crippen LogP contribution in [0.15, 0.2) is 24.3 Å². The molecule has 4 nitrogen and oxygen atoms in total. The lowest BCUT2D eigenvalue weighted by Crippen LogP contribution is -2.52. The van der Waals surface area contributed by atoms with E-state index in [0.717, 1.165) is 11.1 Å². The summed E-state index contributed by atoms with van der Waals surface area (Å²) in [6, 6.07) is 7.87. The second-order valence-electron chi connectivity index (χ2n) is 4.33. The Bertz CT molecular complexity index is 456. The molecule has 1 aromatic carbocycles. The average molecular weight is 232 g/mol. The van der Waals surface area contributed by atoms with Crippen LogP contribution >= 0.6 is 0 Å². The number of hydrogen-bond acceptors (Lipinski definition) is 2. The zero-order valence-electron chi connectivity index (χ0n) is 10.1. The molecule has 0 spiro atoms. The Morgan fingerprint density at radius 2 is 2.00 bits per heavy atom. The van der Waals surface area contributed by atoms with E-state index in [4.69, 9.17) is 0 Å². The second kappa shape index (κ2) is 4.57. The molecule has 90 valence electrons. The number of piperazine rings is 1. The summed E-state index contributed by atoms with van der Waals surface area (Å²) in [5.41, 5.74) is 2.23. The van der Waals surface area contributed by atoms with Gasteiger partial charge in [-0.15, -0.1) is 0 Å². The van der Waals surface area contributed by atoms with Gasteiger partial charge in [-0.25, -0.2) is 0 Å². The Morgan fingerprint density at radius 3 is 2.71 bits per heavy atom. The fraction of sp³-hybridized carbons (Fsp3) is 0.385. The van der Waals surface area contributed by atoms with E-state index in [1.807, 2.05) is 38.1 Å². The monoisotopic (exact) mass is 232 g/mol. The summed E-state index contributed by atoms with van der Waals surface area (Å²) in [6.45, 7) is 4.22. The average Bonchev–Trinajstić information content (AvgIpc) is 2.32. The Kier molecular flexibility index (Phi) is 3.13. The SMILES string of the molecule is Cc1ccccc1C(C)N1CC(=O)NCC1=O. The van der Waals surface area contributed by atoms with Gasteiger partial charge in [-0.3, -0.25) is 9.59 Å². The molecule has 0 aromatic heterocycles. The number of carbonyl (C=O) groups is 2. The van der Waals surface area contributed by atoms with Gasteiger partial charge in [0.2, 0.25) is 11.8 Å². The van der Waals surface area contributed by atoms with Crippen molar-refractivity contribution < 1.29 is 9.59 Å². The van der Waals surface area contributed by atoms with Gasteiger partial charge in [0.25, 0.3) is 0 Å². The van der Waals surface area contributed by atoms with Crippen LogP contribution in [0.1, 0.15) is 24.1 Å². The largest absolute Gasteiger partial charge is 0.345 e. The van der Waals surface area contributed by atoms with Gasteiger partial charge in [-0.2, -0.15) is 0 Å². The molecule has 1 fully saturated rings. The number of amides is 2. The Morgan fingerprint density at radius 1 is 1.29 bits per heavy atom. The third-order valence-corrected chi connectivity index (χ3v) is 3.18. The van der Waals surface area contributed by atoms with Crippen LogP contribution in [-0.2, 0) is 9.59 Å². The maximum atomic E-state index is 11.8. The molecule has 2 rings (SSSR count). The lowest BCUT2D eigenvalue weighted by Gasteiger charge is -2.33. The Balaban J connectivity index is 2.24. The molecule has 1 atom stereocenters. The molecular weight excluding hydrogens is 216 g/mol. The van der Waals surface area contributed by atoms with Crippen molar-refractivity contribution in [1.82, 2.24) is 10.2 Å². The van der Waals surface area contributed by atoms with Crippen molar-refractivity contribution in [2.75, 3.05) is 13.1 Å². The summed E-state index contributed by atoms with van der Waals surface area (Å²) in [7, 11) is 0. The van der Waals surface area contributed by atoms with Crippen molar-refractivity contribution in [3.8, 4) is 0 Å². The molecule has 4 heteroatoms. The molecule has 17 heavy (non-hydrogen) atoms. The highest BCUT2D eigenvalue weighted by Gasteiger charge is 2.28. The van der Waals surface area contributed by atoms with Gasteiger partial charge in [-0.1, -0.05) is 24.3 Å². The number of carbonyl (C=O) groups excluding carboxylic acids is 2. The van der Waals surface area contributed by atoms with Gasteiger partial charge in [-0.05, 0) is 25.0 Å². The van der Waals surface area contributed by atoms with Gasteiger partial charge >= 0.3 is 0 Å². The summed E-state index contributed by atoms with van der Waals surface area (Å²) >= 11 is 0. The normalized spacial score (nSPS) is 17.9. The molecule has 0 bridgehead atoms. The van der Waals surface area contributed by atoms with Crippen molar-refractivity contribution >= 4 is 11.8 Å². The molecule has 1 N–H and O–H groups in total. The molecule has 1 heterocycles. The molecule has 0 radical (unpaired) electrons. The molecule has 2 amide bonds. The van der Waals surface area contributed by atoms with Crippen molar-refractivity contribution in [2.45, 2.75) is 19.9 Å². The maximum Gasteiger partial charge on any atom is 0.242 e. The predicted octanol–water partition coefficient (Wildman–Crippen LogP) is 1.01. The summed E-state index contributed by atoms with van der Waals surface area (Å²) < 4.78 is 0. The molecule has 1 aliphatic rings. The number of hydrogen-bond donors (Lipinski definition) is 1. The highest BCUT2D eigenvalue weighted by atomic mass is 16.2. The van der Waals surface area contributed by atoms with Crippen LogP contribution in [0.4, 0.5) is 0 Å². The first-order valence-corrected chi connectivity index (χ1v) is 5.71. The number of nitrogens with zero attached hydrogens (tertiary/aromatic N) is 1. The predicted molar refractivity (Wildman–Crippen MR) is 64.3 cm³/mol. The number of rotatable bonds is 2. The van der Waals surface area contributed by atoms with Crippen LogP contribution in [0, 0.1) is 6.92 Å². The quantitative estimate of drug-likeness (QED) is 0.827. The summed E-state index contributed by atoms with van der Waals surface area (Å²) in [6.07, 6.45) is 0. The first-order valence-electron chi connectivity index (χ1n) is 5.71. The first-order chi connectivity index (χ1) is 8.09. The molecule has 1 unspecified atom stereocenters. The minimum Gasteiger partial charge on any atom is -0.345 e. The van der Waals surface area contributed by atoms with Crippen LogP contribution in [0.5, 0.6) is 0 Å². The summed E-state index contributed by atoms with van der Waals surface area (Å²) in [4.78, 5) is 24.7. The van der Waals surface area contributed by atoms with Gasteiger partial charge in [0, 0.05) is 0 Å². The Hall–Kier alpha value is -1.84. The fourth-order valence-corrected chi connectivity index (χ4v) is 2.15. The van der Waals surface area contributed by atoms with Crippen LogP contribution in [0.25, 0.3) is 0 Å². The highest BCUT2D eigenvalue weighted by molar-refractivity contribution is 5.92. The van der Waals surface area contributed by atoms with Crippen molar-refractivity contribution in [2.24, 2.45) is 0 Å². The minimum atomic E-state index is -0.0926. The molecule has 0 aliphatic carbocycles. The van der Waals surface area contributed by atoms with Gasteiger partial charge in [0.05, 0.1) is 12.6 Å². The van der Waals surface area contributed by atoms with Crippen LogP contribution < -0.4 is 5.32 Å². The Labute approximate surface area is 101 Å². The van der Waals surface area contributed by atoms with E-state index in [2.05, 4.69) is 5.32 Å². The third-order valence-electron chi connectivity index (χ3n) is 3.18. The number of benzene rings is 1. The van der Waals surface area contributed by atoms with Crippen LogP contribution in [-0.4, -0.2) is 29.8 Å². The van der Waals surface area contributed by atoms with Crippen molar-refractivity contribution in [1.29, 1.82) is 0 Å². The summed E-state index contributed by atoms with van der Waals surface area (Å²) in [5, 5.41) is 2.55. The van der Waals surface area contributed by atoms with Crippen LogP contribution in [0.2, 0.25) is 0 Å². The zero-order valence-corrected chi connectivity index (χ0v) is 10.1. The van der Waals surface area contributed by atoms with E-state index in [1.54, 1.807) is 4.90 Å². The fourth-order valence-electron chi connectivity index (χ4n) is 2.15. The summed E-state index contributed by atoms with van der Waals surface area (Å²) in [5.74, 6) is -0.120. The molecule has 1 aliphatic heterocycles. The van der Waals surface area contributed by atoms with E-state index in [1.165, 1.54) is 0 Å². The molecule has 0 saturated carbocycles. The second-order valence-corrected chi connectivity index (χ2v) is 4.33. The number of aryl methyl sites for hydroxylation is 1. The molecule has 1 aromatic rings. The first kappa shape index (κ1) is 11.6. The van der Waals surface area contributed by atoms with Crippen molar-refractivity contribution in [3.05, 3.63) is 35.4 Å². The lowest BCUT2D eigenvalue weighted by molar-refractivity contribution is -0.142. The maximum absolute atomic E-state index is 11.8. The van der Waals surface area contributed by atoms with Gasteiger partial charge in [0.15, 0.2) is 0 Å². The third kappa shape index (κ3) is 2.30. The zero-order chi connectivity index (χ0) is 12.4. The number of nitrogens with one attached hydrogen (secondary N) is 1. The van der Waals surface area contributed by atoms with E-state index in [0.29, 0.717) is 0 Å². The van der Waals surface area contributed by atoms with Gasteiger partial charge in [0.1, 0.15) is 6.54 Å². The van der Waals surface area contributed by atoms with Crippen LogP contribution in [0.3, 0.4) is 0 Å². The highest BCUT2D eigenvalue weighted by Crippen LogP contribution is 2.23. The minimum absolute atomic E-state index is 0.0275. The van der Waals surface area contributed by atoms with E-state index < -0.39 is 0 Å². The van der Waals surface area contributed by atoms with E-state index in [9.17, 15) is 9.59 Å². The van der Waals surface area contributed by atoms with E-state index in [-0.39, 0.29) is 30.9 Å². The lowest BCUT2D eigenvalue weighted by atomic mass is 10.0. The topological polar surface area (TPSA) is 49.4 Å². The van der Waals surface area contributed by atoms with Crippen molar-refractivity contribution in [3.63, 3.8) is 0 Å². The van der Waals surface area contributed by atoms with Gasteiger partial charge < -0.3 is 10.2 Å².